The number of nitrogens with zero attached hydrogens (tertiary/aromatic N) is 2. The molecule has 0 N–H and O–H groups in total. The number of ether oxygens (including phenoxy) is 1. The van der Waals surface area contributed by atoms with Crippen LogP contribution in [0, 0.1) is 12.3 Å². The number of rotatable bonds is 6. The summed E-state index contributed by atoms with van der Waals surface area (Å²) in [7, 11) is 0. The van der Waals surface area contributed by atoms with E-state index < -0.39 is 11.4 Å². The molecule has 0 aliphatic carbocycles. The normalized spacial score (nSPS) is 11.3. The molecule has 0 amide bonds. The highest BCUT2D eigenvalue weighted by molar-refractivity contribution is 8.01. The zero-order valence-electron chi connectivity index (χ0n) is 10.8. The largest absolute Gasteiger partial charge is 0.465 e. The molecule has 0 atom stereocenters. The first kappa shape index (κ1) is 15.1. The second kappa shape index (κ2) is 6.29. The Hall–Kier alpha value is -0.950. The number of esters is 1. The Balaban J connectivity index is 2.56. The first-order valence-corrected chi connectivity index (χ1v) is 7.31. The number of carbonyl (C=O) groups excluding carboxylic acids is 2. The van der Waals surface area contributed by atoms with Crippen molar-refractivity contribution in [1.29, 1.82) is 0 Å². The van der Waals surface area contributed by atoms with Crippen LogP contribution in [0.2, 0.25) is 0 Å². The molecule has 0 saturated heterocycles. The monoisotopic (exact) mass is 288 g/mol. The Kier molecular flexibility index (Phi) is 5.28. The van der Waals surface area contributed by atoms with Crippen molar-refractivity contribution in [3.63, 3.8) is 0 Å². The maximum absolute atomic E-state index is 12.0. The Morgan fingerprint density at radius 3 is 2.56 bits per heavy atom. The van der Waals surface area contributed by atoms with Crippen LogP contribution in [0.3, 0.4) is 0 Å². The quantitative estimate of drug-likeness (QED) is 0.453. The van der Waals surface area contributed by atoms with Crippen LogP contribution in [-0.4, -0.2) is 34.3 Å². The van der Waals surface area contributed by atoms with Crippen LogP contribution < -0.4 is 0 Å². The molecule has 0 aromatic carbocycles. The van der Waals surface area contributed by atoms with E-state index in [9.17, 15) is 9.59 Å². The van der Waals surface area contributed by atoms with Gasteiger partial charge in [-0.3, -0.25) is 9.59 Å². The molecular weight excluding hydrogens is 272 g/mol. The van der Waals surface area contributed by atoms with Crippen molar-refractivity contribution >= 4 is 34.9 Å². The number of hydrogen-bond acceptors (Lipinski definition) is 7. The van der Waals surface area contributed by atoms with E-state index in [1.54, 1.807) is 20.8 Å². The second-order valence-electron chi connectivity index (χ2n) is 4.14. The number of aryl methyl sites for hydroxylation is 1. The van der Waals surface area contributed by atoms with Crippen molar-refractivity contribution in [2.45, 2.75) is 32.0 Å². The van der Waals surface area contributed by atoms with E-state index in [0.717, 1.165) is 9.35 Å². The van der Waals surface area contributed by atoms with Gasteiger partial charge in [0, 0.05) is 0 Å². The van der Waals surface area contributed by atoms with Gasteiger partial charge in [-0.1, -0.05) is 23.1 Å². The number of Topliss-reactive ketones (excluding diaryl/α,β-unsaturated/α-hetero) is 1. The van der Waals surface area contributed by atoms with Crippen molar-refractivity contribution in [1.82, 2.24) is 10.2 Å². The average molecular weight is 288 g/mol. The molecule has 0 aliphatic rings. The van der Waals surface area contributed by atoms with Gasteiger partial charge in [0.2, 0.25) is 0 Å². The number of aromatic nitrogens is 2. The van der Waals surface area contributed by atoms with Crippen molar-refractivity contribution in [3.05, 3.63) is 5.01 Å². The lowest BCUT2D eigenvalue weighted by Crippen LogP contribution is -2.36. The summed E-state index contributed by atoms with van der Waals surface area (Å²) in [5.74, 6) is -0.455. The van der Waals surface area contributed by atoms with Gasteiger partial charge in [-0.25, -0.2) is 0 Å². The fourth-order valence-corrected chi connectivity index (χ4v) is 2.97. The third-order valence-electron chi connectivity index (χ3n) is 2.32. The number of hydrogen-bond donors (Lipinski definition) is 0. The number of carbonyl (C=O) groups is 2. The van der Waals surface area contributed by atoms with Gasteiger partial charge < -0.3 is 4.74 Å². The summed E-state index contributed by atoms with van der Waals surface area (Å²) >= 11 is 2.73. The lowest BCUT2D eigenvalue weighted by atomic mass is 9.89. The standard InChI is InChI=1S/C11H16N2O3S2/c1-5-16-9(15)11(3,4)8(14)6-17-10-13-12-7(2)18-10/h5-6H2,1-4H3. The fraction of sp³-hybridized carbons (Fsp3) is 0.636. The minimum Gasteiger partial charge on any atom is -0.465 e. The van der Waals surface area contributed by atoms with Crippen molar-refractivity contribution < 1.29 is 14.3 Å². The van der Waals surface area contributed by atoms with Crippen LogP contribution in [0.25, 0.3) is 0 Å². The molecular formula is C11H16N2O3S2. The Morgan fingerprint density at radius 1 is 1.39 bits per heavy atom. The molecule has 1 rings (SSSR count). The summed E-state index contributed by atoms with van der Waals surface area (Å²) < 4.78 is 5.63. The zero-order chi connectivity index (χ0) is 13.8. The van der Waals surface area contributed by atoms with Crippen molar-refractivity contribution in [2.24, 2.45) is 5.41 Å². The Bertz CT molecular complexity index is 443. The van der Waals surface area contributed by atoms with Crippen LogP contribution in [0.4, 0.5) is 0 Å². The van der Waals surface area contributed by atoms with Crippen molar-refractivity contribution in [2.75, 3.05) is 12.4 Å². The molecule has 0 unspecified atom stereocenters. The molecule has 5 nitrogen and oxygen atoms in total. The summed E-state index contributed by atoms with van der Waals surface area (Å²) in [6.45, 7) is 7.01. The van der Waals surface area contributed by atoms with Gasteiger partial charge in [0.15, 0.2) is 10.1 Å². The third kappa shape index (κ3) is 3.78. The second-order valence-corrected chi connectivity index (χ2v) is 6.55. The molecule has 7 heteroatoms. The van der Waals surface area contributed by atoms with Gasteiger partial charge in [-0.2, -0.15) is 0 Å². The summed E-state index contributed by atoms with van der Waals surface area (Å²) in [5, 5.41) is 8.64. The first-order valence-electron chi connectivity index (χ1n) is 5.51. The highest BCUT2D eigenvalue weighted by Crippen LogP contribution is 2.26. The predicted octanol–water partition coefficient (Wildman–Crippen LogP) is 2.10. The molecule has 0 radical (unpaired) electrons. The SMILES string of the molecule is CCOC(=O)C(C)(C)C(=O)CSc1nnc(C)s1. The van der Waals surface area contributed by atoms with Gasteiger partial charge in [0.25, 0.3) is 0 Å². The summed E-state index contributed by atoms with van der Waals surface area (Å²) in [4.78, 5) is 23.6. The molecule has 100 valence electrons. The van der Waals surface area contributed by atoms with Crippen LogP contribution in [0.1, 0.15) is 25.8 Å². The maximum Gasteiger partial charge on any atom is 0.319 e. The lowest BCUT2D eigenvalue weighted by Gasteiger charge is -2.20. The smallest absolute Gasteiger partial charge is 0.319 e. The summed E-state index contributed by atoms with van der Waals surface area (Å²) in [5.41, 5.74) is -1.11. The van der Waals surface area contributed by atoms with E-state index in [2.05, 4.69) is 10.2 Å². The number of ketones is 1. The first-order chi connectivity index (χ1) is 8.37. The van der Waals surface area contributed by atoms with Gasteiger partial charge in [-0.15, -0.1) is 10.2 Å². The average Bonchev–Trinajstić information content (AvgIpc) is 2.72. The zero-order valence-corrected chi connectivity index (χ0v) is 12.5. The van der Waals surface area contributed by atoms with E-state index in [1.807, 2.05) is 6.92 Å². The minimum atomic E-state index is -1.11. The molecule has 0 spiro atoms. The number of thioether (sulfide) groups is 1. The van der Waals surface area contributed by atoms with E-state index in [-0.39, 0.29) is 18.1 Å². The van der Waals surface area contributed by atoms with Crippen LogP contribution >= 0.6 is 23.1 Å². The fourth-order valence-electron chi connectivity index (χ4n) is 1.07. The molecule has 1 heterocycles. The Labute approximate surface area is 114 Å². The van der Waals surface area contributed by atoms with Crippen LogP contribution in [0.5, 0.6) is 0 Å². The maximum atomic E-state index is 12.0. The highest BCUT2D eigenvalue weighted by Gasteiger charge is 2.37. The molecule has 1 aromatic heterocycles. The van der Waals surface area contributed by atoms with Gasteiger partial charge in [0.05, 0.1) is 12.4 Å². The van der Waals surface area contributed by atoms with Crippen LogP contribution in [0.15, 0.2) is 4.34 Å². The van der Waals surface area contributed by atoms with E-state index in [4.69, 9.17) is 4.74 Å². The minimum absolute atomic E-state index is 0.168. The third-order valence-corrected chi connectivity index (χ3v) is 4.29. The molecule has 0 saturated carbocycles. The lowest BCUT2D eigenvalue weighted by molar-refractivity contribution is -0.157. The highest BCUT2D eigenvalue weighted by atomic mass is 32.2. The summed E-state index contributed by atoms with van der Waals surface area (Å²) in [6.07, 6.45) is 0. The Morgan fingerprint density at radius 2 is 2.06 bits per heavy atom. The molecule has 0 aliphatic heterocycles. The van der Waals surface area contributed by atoms with Crippen molar-refractivity contribution in [3.8, 4) is 0 Å². The van der Waals surface area contributed by atoms with Gasteiger partial charge in [-0.05, 0) is 27.7 Å². The summed E-state index contributed by atoms with van der Waals surface area (Å²) in [6, 6.07) is 0. The topological polar surface area (TPSA) is 69.2 Å². The van der Waals surface area contributed by atoms with E-state index in [1.165, 1.54) is 23.1 Å². The molecule has 0 fully saturated rings. The van der Waals surface area contributed by atoms with Crippen LogP contribution in [-0.2, 0) is 14.3 Å². The molecule has 18 heavy (non-hydrogen) atoms. The van der Waals surface area contributed by atoms with Gasteiger partial charge in [0.1, 0.15) is 10.4 Å². The van der Waals surface area contributed by atoms with E-state index >= 15 is 0 Å². The van der Waals surface area contributed by atoms with Gasteiger partial charge >= 0.3 is 5.97 Å². The molecule has 1 aromatic rings. The van der Waals surface area contributed by atoms with E-state index in [0.29, 0.717) is 0 Å². The predicted molar refractivity (Wildman–Crippen MR) is 70.8 cm³/mol. The molecule has 0 bridgehead atoms.